The highest BCUT2D eigenvalue weighted by Crippen LogP contribution is 2.36. The van der Waals surface area contributed by atoms with E-state index in [0.29, 0.717) is 41.8 Å². The molecule has 0 bridgehead atoms. The molecule has 0 saturated heterocycles. The number of aliphatic carboxylic acids is 1. The second-order valence-electron chi connectivity index (χ2n) is 8.61. The van der Waals surface area contributed by atoms with E-state index in [0.717, 1.165) is 16.8 Å². The van der Waals surface area contributed by atoms with E-state index in [9.17, 15) is 9.18 Å². The van der Waals surface area contributed by atoms with Crippen LogP contribution in [0.3, 0.4) is 0 Å². The Hall–Kier alpha value is -4.13. The molecule has 180 valence electrons. The molecular weight excluding hydrogens is 447 g/mol. The average molecular weight is 475 g/mol. The van der Waals surface area contributed by atoms with Crippen LogP contribution in [0.4, 0.5) is 4.39 Å². The molecule has 0 aliphatic heterocycles. The fourth-order valence-corrected chi connectivity index (χ4v) is 3.69. The zero-order valence-corrected chi connectivity index (χ0v) is 19.6. The number of benzene rings is 3. The number of ether oxygens (including phenoxy) is 2. The van der Waals surface area contributed by atoms with Crippen LogP contribution in [0.15, 0.2) is 78.9 Å². The maximum atomic E-state index is 13.5. The van der Waals surface area contributed by atoms with Crippen molar-refractivity contribution in [1.29, 1.82) is 0 Å². The van der Waals surface area contributed by atoms with Crippen LogP contribution >= 0.6 is 0 Å². The molecule has 3 aromatic carbocycles. The molecule has 0 radical (unpaired) electrons. The van der Waals surface area contributed by atoms with Crippen molar-refractivity contribution in [2.75, 3.05) is 6.61 Å². The lowest BCUT2D eigenvalue weighted by atomic mass is 10.1. The Morgan fingerprint density at radius 3 is 2.43 bits per heavy atom. The Morgan fingerprint density at radius 1 is 1.00 bits per heavy atom. The number of carboxylic acid groups (broad SMARTS) is 1. The Morgan fingerprint density at radius 2 is 1.74 bits per heavy atom. The summed E-state index contributed by atoms with van der Waals surface area (Å²) in [4.78, 5) is 11.1. The molecular formula is C28H27FN2O4. The van der Waals surface area contributed by atoms with Gasteiger partial charge in [0.1, 0.15) is 23.9 Å². The van der Waals surface area contributed by atoms with Gasteiger partial charge in [0.05, 0.1) is 11.4 Å². The van der Waals surface area contributed by atoms with Crippen molar-refractivity contribution in [2.45, 2.75) is 27.0 Å². The number of nitrogens with zero attached hydrogens (tertiary/aromatic N) is 2. The third kappa shape index (κ3) is 6.26. The summed E-state index contributed by atoms with van der Waals surface area (Å²) in [5, 5.41) is 13.9. The quantitative estimate of drug-likeness (QED) is 0.303. The summed E-state index contributed by atoms with van der Waals surface area (Å²) in [5.74, 6) is -0.0629. The van der Waals surface area contributed by atoms with Gasteiger partial charge < -0.3 is 14.6 Å². The zero-order valence-electron chi connectivity index (χ0n) is 19.6. The van der Waals surface area contributed by atoms with Crippen molar-refractivity contribution in [3.8, 4) is 34.0 Å². The Bertz CT molecular complexity index is 1280. The van der Waals surface area contributed by atoms with Gasteiger partial charge in [0.2, 0.25) is 0 Å². The van der Waals surface area contributed by atoms with Gasteiger partial charge in [-0.25, -0.2) is 9.18 Å². The van der Waals surface area contributed by atoms with Gasteiger partial charge in [-0.05, 0) is 60.0 Å². The van der Waals surface area contributed by atoms with Gasteiger partial charge in [0.25, 0.3) is 0 Å². The van der Waals surface area contributed by atoms with Gasteiger partial charge in [0.15, 0.2) is 6.61 Å². The number of rotatable bonds is 10. The highest BCUT2D eigenvalue weighted by Gasteiger charge is 2.18. The first-order valence-electron chi connectivity index (χ1n) is 11.4. The van der Waals surface area contributed by atoms with Gasteiger partial charge >= 0.3 is 5.97 Å². The molecule has 1 aromatic heterocycles. The molecule has 4 aromatic rings. The predicted molar refractivity (Wildman–Crippen MR) is 132 cm³/mol. The molecule has 0 aliphatic carbocycles. The Kier molecular flexibility index (Phi) is 7.45. The van der Waals surface area contributed by atoms with E-state index in [4.69, 9.17) is 19.7 Å². The van der Waals surface area contributed by atoms with Crippen molar-refractivity contribution in [3.05, 3.63) is 90.2 Å². The maximum absolute atomic E-state index is 13.5. The van der Waals surface area contributed by atoms with Crippen LogP contribution < -0.4 is 9.47 Å². The molecule has 0 fully saturated rings. The van der Waals surface area contributed by atoms with Crippen molar-refractivity contribution < 1.29 is 23.8 Å². The topological polar surface area (TPSA) is 73.6 Å². The molecule has 35 heavy (non-hydrogen) atoms. The van der Waals surface area contributed by atoms with Crippen molar-refractivity contribution in [3.63, 3.8) is 0 Å². The summed E-state index contributed by atoms with van der Waals surface area (Å²) < 4.78 is 27.0. The van der Waals surface area contributed by atoms with Crippen LogP contribution in [0.25, 0.3) is 22.5 Å². The minimum atomic E-state index is -1.07. The molecule has 1 N–H and O–H groups in total. The largest absolute Gasteiger partial charge is 0.489 e. The second-order valence-corrected chi connectivity index (χ2v) is 8.61. The van der Waals surface area contributed by atoms with Crippen LogP contribution in [-0.4, -0.2) is 27.5 Å². The molecule has 4 rings (SSSR count). The maximum Gasteiger partial charge on any atom is 0.341 e. The van der Waals surface area contributed by atoms with Crippen LogP contribution in [0.5, 0.6) is 11.5 Å². The first-order valence-corrected chi connectivity index (χ1v) is 11.4. The minimum Gasteiger partial charge on any atom is -0.489 e. The summed E-state index contributed by atoms with van der Waals surface area (Å²) in [6.45, 7) is 4.75. The fourth-order valence-electron chi connectivity index (χ4n) is 3.69. The van der Waals surface area contributed by atoms with E-state index in [1.807, 2.05) is 41.1 Å². The monoisotopic (exact) mass is 474 g/mol. The van der Waals surface area contributed by atoms with Gasteiger partial charge in [-0.2, -0.15) is 5.10 Å². The summed E-state index contributed by atoms with van der Waals surface area (Å²) in [5.41, 5.74) is 3.90. The first kappa shape index (κ1) is 24.0. The summed E-state index contributed by atoms with van der Waals surface area (Å²) >= 11 is 0. The van der Waals surface area contributed by atoms with E-state index in [1.165, 1.54) is 12.1 Å². The highest BCUT2D eigenvalue weighted by atomic mass is 19.1. The van der Waals surface area contributed by atoms with E-state index in [2.05, 4.69) is 13.8 Å². The molecule has 0 unspecified atom stereocenters. The molecule has 0 spiro atoms. The average Bonchev–Trinajstić information content (AvgIpc) is 3.25. The number of aromatic nitrogens is 2. The van der Waals surface area contributed by atoms with Crippen molar-refractivity contribution >= 4 is 5.97 Å². The number of carbonyl (C=O) groups is 1. The van der Waals surface area contributed by atoms with Gasteiger partial charge in [0, 0.05) is 17.7 Å². The normalized spacial score (nSPS) is 11.0. The lowest BCUT2D eigenvalue weighted by molar-refractivity contribution is -0.139. The third-order valence-electron chi connectivity index (χ3n) is 5.28. The lowest BCUT2D eigenvalue weighted by Crippen LogP contribution is -2.10. The standard InChI is InChI=1S/C28H27FN2O4/c1-19(2)16-31-26(21-8-10-22(29)11-9-21)15-25(30-31)24-14-23(12-13-27(24)35-18-28(32)33)34-17-20-6-4-3-5-7-20/h3-15,19H,16-18H2,1-2H3,(H,32,33). The van der Waals surface area contributed by atoms with E-state index >= 15 is 0 Å². The molecule has 6 nitrogen and oxygen atoms in total. The van der Waals surface area contributed by atoms with Crippen LogP contribution in [0.2, 0.25) is 0 Å². The summed E-state index contributed by atoms with van der Waals surface area (Å²) in [6, 6.07) is 23.2. The smallest absolute Gasteiger partial charge is 0.341 e. The van der Waals surface area contributed by atoms with E-state index in [-0.39, 0.29) is 5.82 Å². The van der Waals surface area contributed by atoms with Crippen LogP contribution in [-0.2, 0) is 17.9 Å². The molecule has 0 saturated carbocycles. The Balaban J connectivity index is 1.73. The molecule has 0 atom stereocenters. The van der Waals surface area contributed by atoms with Gasteiger partial charge in [-0.3, -0.25) is 4.68 Å². The lowest BCUT2D eigenvalue weighted by Gasteiger charge is -2.12. The number of halogens is 1. The Labute approximate surface area is 203 Å². The number of hydrogen-bond donors (Lipinski definition) is 1. The summed E-state index contributed by atoms with van der Waals surface area (Å²) in [7, 11) is 0. The summed E-state index contributed by atoms with van der Waals surface area (Å²) in [6.07, 6.45) is 0. The zero-order chi connectivity index (χ0) is 24.8. The fraction of sp³-hybridized carbons (Fsp3) is 0.214. The van der Waals surface area contributed by atoms with Gasteiger partial charge in [-0.1, -0.05) is 44.2 Å². The van der Waals surface area contributed by atoms with Gasteiger partial charge in [-0.15, -0.1) is 0 Å². The SMILES string of the molecule is CC(C)Cn1nc(-c2cc(OCc3ccccc3)ccc2OCC(=O)O)cc1-c1ccc(F)cc1. The van der Waals surface area contributed by atoms with Crippen LogP contribution in [0, 0.1) is 11.7 Å². The number of carboxylic acids is 1. The van der Waals surface area contributed by atoms with E-state index < -0.39 is 12.6 Å². The third-order valence-corrected chi connectivity index (χ3v) is 5.28. The predicted octanol–water partition coefficient (Wildman–Crippen LogP) is 6.05. The van der Waals surface area contributed by atoms with Crippen molar-refractivity contribution in [2.24, 2.45) is 5.92 Å². The van der Waals surface area contributed by atoms with Crippen LogP contribution in [0.1, 0.15) is 19.4 Å². The van der Waals surface area contributed by atoms with E-state index in [1.54, 1.807) is 30.3 Å². The molecule has 1 heterocycles. The molecule has 0 amide bonds. The second kappa shape index (κ2) is 10.9. The van der Waals surface area contributed by atoms with Crippen molar-refractivity contribution in [1.82, 2.24) is 9.78 Å². The minimum absolute atomic E-state index is 0.309. The highest BCUT2D eigenvalue weighted by molar-refractivity contribution is 5.75. The number of hydrogen-bond acceptors (Lipinski definition) is 4. The molecule has 0 aliphatic rings. The first-order chi connectivity index (χ1) is 16.9. The molecule has 7 heteroatoms.